The van der Waals surface area contributed by atoms with E-state index in [1.54, 1.807) is 6.20 Å². The third-order valence-corrected chi connectivity index (χ3v) is 2.81. The molecule has 0 bridgehead atoms. The number of nitrogens with zero attached hydrogens (tertiary/aromatic N) is 2. The Morgan fingerprint density at radius 2 is 2.31 bits per heavy atom. The Hall–Kier alpha value is -0.900. The second-order valence-electron chi connectivity index (χ2n) is 3.80. The van der Waals surface area contributed by atoms with Crippen LogP contribution in [0.2, 0.25) is 0 Å². The molecule has 1 aliphatic carbocycles. The van der Waals surface area contributed by atoms with Crippen LogP contribution in [-0.2, 0) is 0 Å². The maximum Gasteiger partial charge on any atom is 0.111 e. The summed E-state index contributed by atoms with van der Waals surface area (Å²) in [7, 11) is 0. The monoisotopic (exact) mass is 181 g/mol. The second-order valence-corrected chi connectivity index (χ2v) is 3.80. The highest BCUT2D eigenvalue weighted by Gasteiger charge is 2.20. The van der Waals surface area contributed by atoms with Gasteiger partial charge in [0.2, 0.25) is 0 Å². The van der Waals surface area contributed by atoms with Crippen molar-refractivity contribution >= 4 is 0 Å². The Morgan fingerprint density at radius 1 is 1.54 bits per heavy atom. The van der Waals surface area contributed by atoms with Crippen molar-refractivity contribution in [1.82, 2.24) is 15.4 Å². The number of aromatic amines is 1. The average molecular weight is 181 g/mol. The van der Waals surface area contributed by atoms with Crippen LogP contribution < -0.4 is 0 Å². The van der Waals surface area contributed by atoms with Gasteiger partial charge >= 0.3 is 0 Å². The molecule has 1 saturated carbocycles. The van der Waals surface area contributed by atoms with Gasteiger partial charge in [-0.25, -0.2) is 0 Å². The lowest BCUT2D eigenvalue weighted by atomic mass is 9.99. The molecule has 1 aromatic heterocycles. The predicted molar refractivity (Wildman–Crippen MR) is 47.9 cm³/mol. The van der Waals surface area contributed by atoms with Gasteiger partial charge in [0.1, 0.15) is 5.69 Å². The zero-order valence-corrected chi connectivity index (χ0v) is 7.61. The van der Waals surface area contributed by atoms with Gasteiger partial charge in [-0.1, -0.05) is 25.7 Å². The predicted octanol–water partition coefficient (Wildman–Crippen LogP) is 1.42. The van der Waals surface area contributed by atoms with E-state index in [-0.39, 0.29) is 0 Å². The largest absolute Gasteiger partial charge is 0.387 e. The smallest absolute Gasteiger partial charge is 0.111 e. The van der Waals surface area contributed by atoms with E-state index in [2.05, 4.69) is 15.4 Å². The molecule has 0 aliphatic heterocycles. The molecule has 1 unspecified atom stereocenters. The van der Waals surface area contributed by atoms with Crippen molar-refractivity contribution in [1.29, 1.82) is 0 Å². The first-order valence-corrected chi connectivity index (χ1v) is 4.90. The Kier molecular flexibility index (Phi) is 2.59. The van der Waals surface area contributed by atoms with Gasteiger partial charge in [-0.05, 0) is 12.3 Å². The molecule has 1 fully saturated rings. The molecular weight excluding hydrogens is 166 g/mol. The summed E-state index contributed by atoms with van der Waals surface area (Å²) < 4.78 is 0. The quantitative estimate of drug-likeness (QED) is 0.741. The summed E-state index contributed by atoms with van der Waals surface area (Å²) in [6.07, 6.45) is 7.16. The molecule has 1 aromatic rings. The van der Waals surface area contributed by atoms with Crippen molar-refractivity contribution in [3.05, 3.63) is 11.9 Å². The fourth-order valence-electron chi connectivity index (χ4n) is 2.05. The van der Waals surface area contributed by atoms with E-state index in [1.165, 1.54) is 25.7 Å². The molecule has 1 aliphatic rings. The number of aliphatic hydroxyl groups is 1. The van der Waals surface area contributed by atoms with Crippen LogP contribution in [0, 0.1) is 5.92 Å². The van der Waals surface area contributed by atoms with E-state index in [9.17, 15) is 5.11 Å². The topological polar surface area (TPSA) is 61.8 Å². The molecule has 2 rings (SSSR count). The van der Waals surface area contributed by atoms with Crippen molar-refractivity contribution in [3.63, 3.8) is 0 Å². The molecule has 1 atom stereocenters. The van der Waals surface area contributed by atoms with Crippen LogP contribution in [0.3, 0.4) is 0 Å². The van der Waals surface area contributed by atoms with Crippen molar-refractivity contribution in [2.75, 3.05) is 0 Å². The summed E-state index contributed by atoms with van der Waals surface area (Å²) in [5, 5.41) is 19.8. The van der Waals surface area contributed by atoms with Gasteiger partial charge < -0.3 is 5.11 Å². The summed E-state index contributed by atoms with van der Waals surface area (Å²) >= 11 is 0. The van der Waals surface area contributed by atoms with E-state index in [0.717, 1.165) is 6.42 Å². The summed E-state index contributed by atoms with van der Waals surface area (Å²) in [6.45, 7) is 0. The van der Waals surface area contributed by atoms with Crippen LogP contribution in [0.4, 0.5) is 0 Å². The third kappa shape index (κ3) is 2.06. The van der Waals surface area contributed by atoms with Crippen molar-refractivity contribution in [3.8, 4) is 0 Å². The zero-order valence-electron chi connectivity index (χ0n) is 7.61. The highest BCUT2D eigenvalue weighted by Crippen LogP contribution is 2.32. The lowest BCUT2D eigenvalue weighted by Gasteiger charge is -2.12. The first-order chi connectivity index (χ1) is 6.36. The molecule has 2 N–H and O–H groups in total. The Labute approximate surface area is 77.4 Å². The number of hydrogen-bond acceptors (Lipinski definition) is 3. The minimum atomic E-state index is -0.429. The standard InChI is InChI=1S/C9H15N3O/c13-9(8-6-10-12-11-8)5-7-3-1-2-4-7/h6-7,9,13H,1-5H2,(H,10,11,12). The molecule has 4 heteroatoms. The summed E-state index contributed by atoms with van der Waals surface area (Å²) in [5.41, 5.74) is 0.673. The van der Waals surface area contributed by atoms with E-state index in [4.69, 9.17) is 0 Å². The molecule has 0 aromatic carbocycles. The molecule has 13 heavy (non-hydrogen) atoms. The Balaban J connectivity index is 1.87. The normalized spacial score (nSPS) is 20.7. The molecule has 0 spiro atoms. The van der Waals surface area contributed by atoms with Gasteiger partial charge in [-0.2, -0.15) is 15.4 Å². The van der Waals surface area contributed by atoms with E-state index >= 15 is 0 Å². The van der Waals surface area contributed by atoms with Crippen LogP contribution >= 0.6 is 0 Å². The molecule has 0 amide bonds. The number of hydrogen-bond donors (Lipinski definition) is 2. The molecule has 4 nitrogen and oxygen atoms in total. The van der Waals surface area contributed by atoms with E-state index in [0.29, 0.717) is 11.6 Å². The first kappa shape index (κ1) is 8.69. The van der Waals surface area contributed by atoms with Gasteiger partial charge in [0.15, 0.2) is 0 Å². The number of aromatic nitrogens is 3. The Bertz CT molecular complexity index is 241. The Morgan fingerprint density at radius 3 is 2.92 bits per heavy atom. The molecule has 0 saturated heterocycles. The van der Waals surface area contributed by atoms with Crippen molar-refractivity contribution < 1.29 is 5.11 Å². The fraction of sp³-hybridized carbons (Fsp3) is 0.778. The summed E-state index contributed by atoms with van der Waals surface area (Å²) in [5.74, 6) is 0.687. The highest BCUT2D eigenvalue weighted by molar-refractivity contribution is 4.96. The minimum Gasteiger partial charge on any atom is -0.387 e. The average Bonchev–Trinajstić information content (AvgIpc) is 2.74. The van der Waals surface area contributed by atoms with Gasteiger partial charge in [0, 0.05) is 0 Å². The van der Waals surface area contributed by atoms with E-state index < -0.39 is 6.10 Å². The van der Waals surface area contributed by atoms with Crippen LogP contribution in [0.15, 0.2) is 6.20 Å². The lowest BCUT2D eigenvalue weighted by Crippen LogP contribution is -2.04. The molecule has 0 radical (unpaired) electrons. The third-order valence-electron chi connectivity index (χ3n) is 2.81. The number of rotatable bonds is 3. The van der Waals surface area contributed by atoms with Crippen LogP contribution in [-0.4, -0.2) is 20.5 Å². The maximum atomic E-state index is 9.75. The first-order valence-electron chi connectivity index (χ1n) is 4.90. The van der Waals surface area contributed by atoms with E-state index in [1.807, 2.05) is 0 Å². The van der Waals surface area contributed by atoms with Crippen molar-refractivity contribution in [2.24, 2.45) is 5.92 Å². The van der Waals surface area contributed by atoms with Gasteiger partial charge in [-0.15, -0.1) is 0 Å². The maximum absolute atomic E-state index is 9.75. The molecule has 72 valence electrons. The molecular formula is C9H15N3O. The molecule has 1 heterocycles. The second kappa shape index (κ2) is 3.87. The SMILES string of the molecule is OC(CC1CCCC1)c1cn[nH]n1. The van der Waals surface area contributed by atoms with Crippen LogP contribution in [0.5, 0.6) is 0 Å². The number of H-pyrrole nitrogens is 1. The zero-order chi connectivity index (χ0) is 9.10. The summed E-state index contributed by atoms with van der Waals surface area (Å²) in [6, 6.07) is 0. The van der Waals surface area contributed by atoms with Crippen LogP contribution in [0.25, 0.3) is 0 Å². The fourth-order valence-corrected chi connectivity index (χ4v) is 2.05. The number of nitrogens with one attached hydrogen (secondary N) is 1. The minimum absolute atomic E-state index is 0.429. The summed E-state index contributed by atoms with van der Waals surface area (Å²) in [4.78, 5) is 0. The van der Waals surface area contributed by atoms with Gasteiger partial charge in [0.05, 0.1) is 12.3 Å². The van der Waals surface area contributed by atoms with Crippen molar-refractivity contribution in [2.45, 2.75) is 38.2 Å². The highest BCUT2D eigenvalue weighted by atomic mass is 16.3. The lowest BCUT2D eigenvalue weighted by molar-refractivity contribution is 0.140. The number of aliphatic hydroxyl groups excluding tert-OH is 1. The van der Waals surface area contributed by atoms with Gasteiger partial charge in [-0.3, -0.25) is 0 Å². The van der Waals surface area contributed by atoms with Crippen LogP contribution in [0.1, 0.15) is 43.9 Å². The van der Waals surface area contributed by atoms with Gasteiger partial charge in [0.25, 0.3) is 0 Å².